The summed E-state index contributed by atoms with van der Waals surface area (Å²) in [6.07, 6.45) is 2.10. The van der Waals surface area contributed by atoms with E-state index in [-0.39, 0.29) is 0 Å². The molecule has 0 unspecified atom stereocenters. The fourth-order valence-corrected chi connectivity index (χ4v) is 6.00. The molecule has 2 nitrogen and oxygen atoms in total. The average Bonchev–Trinajstić information content (AvgIpc) is 3.22. The highest BCUT2D eigenvalue weighted by atomic mass is 79.9. The van der Waals surface area contributed by atoms with Crippen molar-refractivity contribution in [3.8, 4) is 11.1 Å². The average molecular weight is 497 g/mol. The highest BCUT2D eigenvalue weighted by molar-refractivity contribution is 9.10. The van der Waals surface area contributed by atoms with E-state index < -0.39 is 0 Å². The van der Waals surface area contributed by atoms with Crippen LogP contribution in [0.3, 0.4) is 0 Å². The zero-order valence-corrected chi connectivity index (χ0v) is 22.0. The van der Waals surface area contributed by atoms with Crippen molar-refractivity contribution in [1.82, 2.24) is 4.48 Å². The van der Waals surface area contributed by atoms with Crippen LogP contribution < -0.4 is 0 Å². The molecule has 0 atom stereocenters. The Bertz CT molecular complexity index is 1370. The molecule has 1 aromatic heterocycles. The Labute approximate surface area is 206 Å². The van der Waals surface area contributed by atoms with Crippen LogP contribution in [0.4, 0.5) is 0 Å². The van der Waals surface area contributed by atoms with Crippen molar-refractivity contribution < 1.29 is 4.49 Å². The number of hydrogen-bond donors (Lipinski definition) is 0. The van der Waals surface area contributed by atoms with Crippen molar-refractivity contribution in [3.63, 3.8) is 0 Å². The maximum absolute atomic E-state index is 3.54. The van der Waals surface area contributed by atoms with E-state index in [1.165, 1.54) is 67.3 Å². The standard InChI is InChI=1S/C29H30BBrN2/c1-7-25-17(3)28-27(23-11-9-21(10-12-23)22-13-15-24(31)16-14-22)29-18(4)26(8-2)20(6)33(29)30-32(28)19(25)5/h9-16H,7-8H2,1-6H3/q+1. The van der Waals surface area contributed by atoms with E-state index in [1.54, 1.807) is 0 Å². The normalized spacial score (nSPS) is 15.2. The molecular weight excluding hydrogens is 467 g/mol. The second-order valence-corrected chi connectivity index (χ2v) is 10.0. The number of halogens is 1. The van der Waals surface area contributed by atoms with Crippen LogP contribution in [-0.4, -0.2) is 22.2 Å². The first kappa shape index (κ1) is 22.2. The molecule has 3 aromatic rings. The summed E-state index contributed by atoms with van der Waals surface area (Å²) >= 11 is 3.54. The van der Waals surface area contributed by atoms with Gasteiger partial charge in [0.05, 0.1) is 11.3 Å². The largest absolute Gasteiger partial charge is 0.699 e. The predicted molar refractivity (Wildman–Crippen MR) is 144 cm³/mol. The van der Waals surface area contributed by atoms with E-state index in [4.69, 9.17) is 0 Å². The topological polar surface area (TPSA) is 7.94 Å². The van der Waals surface area contributed by atoms with Gasteiger partial charge in [0, 0.05) is 28.2 Å². The van der Waals surface area contributed by atoms with Crippen molar-refractivity contribution in [3.05, 3.63) is 97.9 Å². The van der Waals surface area contributed by atoms with Gasteiger partial charge in [-0.05, 0) is 73.6 Å². The third kappa shape index (κ3) is 3.34. The van der Waals surface area contributed by atoms with Gasteiger partial charge < -0.3 is 4.48 Å². The van der Waals surface area contributed by atoms with Gasteiger partial charge in [0.1, 0.15) is 0 Å². The van der Waals surface area contributed by atoms with Gasteiger partial charge in [-0.15, -0.1) is 0 Å². The Morgan fingerprint density at radius 1 is 0.818 bits per heavy atom. The molecule has 165 valence electrons. The summed E-state index contributed by atoms with van der Waals surface area (Å²) in [6, 6.07) is 17.7. The molecule has 0 saturated heterocycles. The summed E-state index contributed by atoms with van der Waals surface area (Å²) in [7, 11) is 2.31. The quantitative estimate of drug-likeness (QED) is 0.331. The van der Waals surface area contributed by atoms with Crippen LogP contribution in [0.1, 0.15) is 62.2 Å². The minimum atomic E-state index is 1.05. The number of hydrogen-bond acceptors (Lipinski definition) is 0. The number of rotatable bonds is 4. The van der Waals surface area contributed by atoms with E-state index in [0.717, 1.165) is 17.3 Å². The predicted octanol–water partition coefficient (Wildman–Crippen LogP) is 7.47. The third-order valence-electron chi connectivity index (χ3n) is 7.46. The minimum Gasteiger partial charge on any atom is -0.322 e. The Hall–Kier alpha value is -2.59. The number of benzene rings is 2. The lowest BCUT2D eigenvalue weighted by atomic mass is 9.88. The van der Waals surface area contributed by atoms with Crippen LogP contribution in [-0.2, 0) is 6.42 Å². The van der Waals surface area contributed by atoms with Gasteiger partial charge in [-0.2, -0.15) is 0 Å². The molecule has 3 heterocycles. The van der Waals surface area contributed by atoms with E-state index >= 15 is 0 Å². The van der Waals surface area contributed by atoms with Gasteiger partial charge in [-0.25, -0.2) is 0 Å². The van der Waals surface area contributed by atoms with E-state index in [0.29, 0.717) is 0 Å². The van der Waals surface area contributed by atoms with Crippen LogP contribution in [0.15, 0.2) is 69.8 Å². The molecule has 0 saturated carbocycles. The van der Waals surface area contributed by atoms with E-state index in [9.17, 15) is 0 Å². The van der Waals surface area contributed by atoms with Crippen LogP contribution in [0.2, 0.25) is 0 Å². The number of aromatic nitrogens is 1. The first-order chi connectivity index (χ1) is 15.9. The van der Waals surface area contributed by atoms with Gasteiger partial charge in [0.15, 0.2) is 11.4 Å². The first-order valence-corrected chi connectivity index (χ1v) is 12.7. The maximum Gasteiger partial charge on any atom is 0.699 e. The first-order valence-electron chi connectivity index (χ1n) is 11.9. The molecule has 2 aliphatic rings. The van der Waals surface area contributed by atoms with Crippen molar-refractivity contribution in [2.24, 2.45) is 0 Å². The molecule has 0 aliphatic carbocycles. The number of nitrogens with zero attached hydrogens (tertiary/aromatic N) is 2. The lowest BCUT2D eigenvalue weighted by molar-refractivity contribution is -0.315. The highest BCUT2D eigenvalue weighted by Gasteiger charge is 2.43. The van der Waals surface area contributed by atoms with Crippen molar-refractivity contribution >= 4 is 34.8 Å². The van der Waals surface area contributed by atoms with E-state index in [2.05, 4.69) is 123 Å². The summed E-state index contributed by atoms with van der Waals surface area (Å²) in [5, 5.41) is 0. The zero-order valence-electron chi connectivity index (χ0n) is 20.4. The second-order valence-electron chi connectivity index (χ2n) is 9.10. The van der Waals surface area contributed by atoms with Gasteiger partial charge in [0.25, 0.3) is 0 Å². The maximum atomic E-state index is 3.54. The lowest BCUT2D eigenvalue weighted by Gasteiger charge is -2.20. The van der Waals surface area contributed by atoms with Gasteiger partial charge in [-0.3, -0.25) is 4.49 Å². The zero-order chi connectivity index (χ0) is 23.4. The molecule has 0 spiro atoms. The van der Waals surface area contributed by atoms with Crippen LogP contribution >= 0.6 is 15.9 Å². The summed E-state index contributed by atoms with van der Waals surface area (Å²) in [6.45, 7) is 13.6. The number of allylic oxidation sites excluding steroid dienone is 2. The minimum absolute atomic E-state index is 1.05. The van der Waals surface area contributed by atoms with Gasteiger partial charge in [0.2, 0.25) is 0 Å². The van der Waals surface area contributed by atoms with Gasteiger partial charge >= 0.3 is 7.55 Å². The fourth-order valence-electron chi connectivity index (χ4n) is 5.74. The summed E-state index contributed by atoms with van der Waals surface area (Å²) in [5.41, 5.74) is 16.2. The molecule has 0 amide bonds. The lowest BCUT2D eigenvalue weighted by Crippen LogP contribution is -2.32. The molecule has 2 aromatic carbocycles. The molecule has 0 bridgehead atoms. The molecule has 0 fully saturated rings. The highest BCUT2D eigenvalue weighted by Crippen LogP contribution is 2.42. The molecule has 33 heavy (non-hydrogen) atoms. The smallest absolute Gasteiger partial charge is 0.322 e. The van der Waals surface area contributed by atoms with Crippen LogP contribution in [0, 0.1) is 13.8 Å². The van der Waals surface area contributed by atoms with Crippen molar-refractivity contribution in [2.75, 3.05) is 0 Å². The van der Waals surface area contributed by atoms with Crippen molar-refractivity contribution in [1.29, 1.82) is 0 Å². The molecule has 1 radical (unpaired) electrons. The second kappa shape index (κ2) is 8.32. The third-order valence-corrected chi connectivity index (χ3v) is 7.99. The summed E-state index contributed by atoms with van der Waals surface area (Å²) in [4.78, 5) is 0. The Kier molecular flexibility index (Phi) is 5.60. The SMILES string of the molecule is CCC1=C(C)C2=C(c3ccc(-c4ccc(Br)cc4)cc3)c3c(C)c(CC)c(C)n3[B][N+]2=C1C. The summed E-state index contributed by atoms with van der Waals surface area (Å²) in [5.74, 6) is 0. The Morgan fingerprint density at radius 2 is 1.39 bits per heavy atom. The van der Waals surface area contributed by atoms with Crippen LogP contribution in [0.25, 0.3) is 16.7 Å². The molecule has 2 aliphatic heterocycles. The van der Waals surface area contributed by atoms with Gasteiger partial charge in [-0.1, -0.05) is 66.2 Å². The summed E-state index contributed by atoms with van der Waals surface area (Å²) < 4.78 is 5.95. The Morgan fingerprint density at radius 3 is 1.97 bits per heavy atom. The molecule has 5 rings (SSSR count). The monoisotopic (exact) mass is 496 g/mol. The van der Waals surface area contributed by atoms with Crippen LogP contribution in [0.5, 0.6) is 0 Å². The number of fused-ring (bicyclic) bond motifs is 2. The molecule has 4 heteroatoms. The van der Waals surface area contributed by atoms with Crippen molar-refractivity contribution in [2.45, 2.75) is 54.4 Å². The molecular formula is C29H30BBrN2+. The van der Waals surface area contributed by atoms with E-state index in [1.807, 2.05) is 0 Å². The fraction of sp³-hybridized carbons (Fsp3) is 0.276. The molecule has 0 N–H and O–H groups in total. The Balaban J connectivity index is 1.75.